The van der Waals surface area contributed by atoms with Gasteiger partial charge in [-0.25, -0.2) is 0 Å². The van der Waals surface area contributed by atoms with Crippen LogP contribution in [0.2, 0.25) is 0 Å². The molecule has 1 heterocycles. The Morgan fingerprint density at radius 1 is 0.694 bits per heavy atom. The largest absolute Gasteiger partial charge is 0.388 e. The van der Waals surface area contributed by atoms with Crippen LogP contribution in [0.3, 0.4) is 0 Å². The zero-order valence-electron chi connectivity index (χ0n) is 20.9. The van der Waals surface area contributed by atoms with Crippen LogP contribution in [-0.4, -0.2) is 52.9 Å². The van der Waals surface area contributed by atoms with E-state index in [9.17, 15) is 10.2 Å². The quantitative estimate of drug-likeness (QED) is 0.416. The Hall–Kier alpha value is -2.58. The van der Waals surface area contributed by atoms with Crippen LogP contribution in [-0.2, 0) is 38.8 Å². The molecular formula is C30H36O6. The fourth-order valence-corrected chi connectivity index (χ4v) is 4.44. The number of ether oxygens (including phenoxy) is 4. The predicted octanol–water partition coefficient (Wildman–Crippen LogP) is 4.27. The summed E-state index contributed by atoms with van der Waals surface area (Å²) in [7, 11) is 0. The molecule has 0 radical (unpaired) electrons. The highest BCUT2D eigenvalue weighted by Crippen LogP contribution is 2.32. The van der Waals surface area contributed by atoms with Gasteiger partial charge in [0.15, 0.2) is 0 Å². The highest BCUT2D eigenvalue weighted by molar-refractivity contribution is 5.15. The maximum atomic E-state index is 11.3. The zero-order valence-corrected chi connectivity index (χ0v) is 20.9. The van der Waals surface area contributed by atoms with E-state index in [1.54, 1.807) is 13.8 Å². The molecule has 1 fully saturated rings. The molecule has 6 nitrogen and oxygen atoms in total. The Bertz CT molecular complexity index is 1020. The van der Waals surface area contributed by atoms with Crippen molar-refractivity contribution in [2.45, 2.75) is 69.8 Å². The van der Waals surface area contributed by atoms with Gasteiger partial charge in [0.25, 0.3) is 0 Å². The molecule has 0 unspecified atom stereocenters. The molecule has 0 aliphatic carbocycles. The molecule has 0 spiro atoms. The molecule has 0 amide bonds. The van der Waals surface area contributed by atoms with Crippen molar-refractivity contribution >= 4 is 0 Å². The lowest BCUT2D eigenvalue weighted by molar-refractivity contribution is -0.287. The molecule has 3 aromatic rings. The van der Waals surface area contributed by atoms with Gasteiger partial charge in [-0.1, -0.05) is 91.0 Å². The van der Waals surface area contributed by atoms with Crippen LogP contribution in [0.4, 0.5) is 0 Å². The van der Waals surface area contributed by atoms with Crippen LogP contribution >= 0.6 is 0 Å². The van der Waals surface area contributed by atoms with Crippen molar-refractivity contribution < 1.29 is 29.2 Å². The number of aliphatic hydroxyl groups excluding tert-OH is 1. The maximum absolute atomic E-state index is 11.3. The summed E-state index contributed by atoms with van der Waals surface area (Å²) in [6.07, 6.45) is -3.87. The molecule has 4 rings (SSSR count). The van der Waals surface area contributed by atoms with Crippen LogP contribution in [0, 0.1) is 0 Å². The number of rotatable bonds is 11. The smallest absolute Gasteiger partial charge is 0.115 e. The summed E-state index contributed by atoms with van der Waals surface area (Å²) in [5, 5.41) is 22.1. The summed E-state index contributed by atoms with van der Waals surface area (Å²) >= 11 is 0. The van der Waals surface area contributed by atoms with E-state index in [0.29, 0.717) is 19.8 Å². The molecule has 0 aromatic heterocycles. The van der Waals surface area contributed by atoms with Crippen LogP contribution in [0.25, 0.3) is 0 Å². The van der Waals surface area contributed by atoms with Crippen molar-refractivity contribution in [2.75, 3.05) is 6.61 Å². The Kier molecular flexibility index (Phi) is 9.26. The minimum atomic E-state index is -1.30. The lowest BCUT2D eigenvalue weighted by Gasteiger charge is -2.47. The van der Waals surface area contributed by atoms with E-state index in [0.717, 1.165) is 16.7 Å². The first kappa shape index (κ1) is 26.5. The van der Waals surface area contributed by atoms with Gasteiger partial charge in [0, 0.05) is 0 Å². The van der Waals surface area contributed by atoms with Crippen molar-refractivity contribution in [2.24, 2.45) is 0 Å². The first-order valence-electron chi connectivity index (χ1n) is 12.4. The second-order valence-electron chi connectivity index (χ2n) is 9.76. The summed E-state index contributed by atoms with van der Waals surface area (Å²) in [6.45, 7) is 4.51. The molecule has 1 aliphatic heterocycles. The normalized spacial score (nSPS) is 24.5. The average molecular weight is 493 g/mol. The Morgan fingerprint density at radius 2 is 1.14 bits per heavy atom. The fourth-order valence-electron chi connectivity index (χ4n) is 4.44. The summed E-state index contributed by atoms with van der Waals surface area (Å²) in [5.74, 6) is 0. The van der Waals surface area contributed by atoms with E-state index >= 15 is 0 Å². The molecule has 0 saturated carbocycles. The standard InChI is InChI=1S/C30H36O6/c1-30(2,32)29-26(31)28(35-20-24-16-10-5-11-17-24)27(34-19-23-14-8-4-9-15-23)25(36-29)21-33-18-22-12-6-3-7-13-22/h3-17,25-29,31-32H,18-21H2,1-2H3/t25-,26-,27-,28-,29-/m1/s1. The monoisotopic (exact) mass is 492 g/mol. The summed E-state index contributed by atoms with van der Waals surface area (Å²) in [6, 6.07) is 29.5. The van der Waals surface area contributed by atoms with Gasteiger partial charge in [-0.15, -0.1) is 0 Å². The van der Waals surface area contributed by atoms with E-state index < -0.39 is 36.1 Å². The van der Waals surface area contributed by atoms with Crippen molar-refractivity contribution in [3.63, 3.8) is 0 Å². The first-order chi connectivity index (χ1) is 17.4. The Balaban J connectivity index is 1.54. The van der Waals surface area contributed by atoms with Gasteiger partial charge in [0.1, 0.15) is 30.5 Å². The average Bonchev–Trinajstić information content (AvgIpc) is 2.89. The summed E-state index contributed by atoms with van der Waals surface area (Å²) in [5.41, 5.74) is 1.73. The summed E-state index contributed by atoms with van der Waals surface area (Å²) < 4.78 is 24.9. The minimum absolute atomic E-state index is 0.221. The van der Waals surface area contributed by atoms with Gasteiger partial charge in [-0.05, 0) is 30.5 Å². The highest BCUT2D eigenvalue weighted by Gasteiger charge is 2.51. The van der Waals surface area contributed by atoms with Crippen molar-refractivity contribution in [1.29, 1.82) is 0 Å². The number of hydrogen-bond acceptors (Lipinski definition) is 6. The number of aliphatic hydroxyl groups is 2. The Labute approximate surface area is 213 Å². The molecule has 0 bridgehead atoms. The van der Waals surface area contributed by atoms with Crippen LogP contribution in [0.1, 0.15) is 30.5 Å². The molecule has 1 aliphatic rings. The van der Waals surface area contributed by atoms with E-state index in [2.05, 4.69) is 0 Å². The molecule has 3 aromatic carbocycles. The molecule has 192 valence electrons. The first-order valence-corrected chi connectivity index (χ1v) is 12.4. The lowest BCUT2D eigenvalue weighted by atomic mass is 9.86. The minimum Gasteiger partial charge on any atom is -0.388 e. The third kappa shape index (κ3) is 7.23. The van der Waals surface area contributed by atoms with Gasteiger partial charge in [-0.3, -0.25) is 0 Å². The van der Waals surface area contributed by atoms with Crippen LogP contribution in [0.5, 0.6) is 0 Å². The second kappa shape index (κ2) is 12.6. The predicted molar refractivity (Wildman–Crippen MR) is 137 cm³/mol. The van der Waals surface area contributed by atoms with Gasteiger partial charge in [0.2, 0.25) is 0 Å². The Morgan fingerprint density at radius 3 is 1.61 bits per heavy atom. The maximum Gasteiger partial charge on any atom is 0.115 e. The molecular weight excluding hydrogens is 456 g/mol. The van der Waals surface area contributed by atoms with Crippen LogP contribution in [0.15, 0.2) is 91.0 Å². The molecule has 1 saturated heterocycles. The van der Waals surface area contributed by atoms with Crippen molar-refractivity contribution in [1.82, 2.24) is 0 Å². The molecule has 2 N–H and O–H groups in total. The second-order valence-corrected chi connectivity index (χ2v) is 9.76. The van der Waals surface area contributed by atoms with Gasteiger partial charge in [-0.2, -0.15) is 0 Å². The van der Waals surface area contributed by atoms with Gasteiger partial charge in [0.05, 0.1) is 32.0 Å². The highest BCUT2D eigenvalue weighted by atomic mass is 16.6. The van der Waals surface area contributed by atoms with Gasteiger partial charge < -0.3 is 29.2 Å². The fraction of sp³-hybridized carbons (Fsp3) is 0.400. The molecule has 6 heteroatoms. The topological polar surface area (TPSA) is 77.4 Å². The van der Waals surface area contributed by atoms with E-state index in [1.165, 1.54) is 0 Å². The van der Waals surface area contributed by atoms with Crippen molar-refractivity contribution in [3.05, 3.63) is 108 Å². The van der Waals surface area contributed by atoms with Gasteiger partial charge >= 0.3 is 0 Å². The zero-order chi connectivity index (χ0) is 25.4. The third-order valence-corrected chi connectivity index (χ3v) is 6.32. The summed E-state index contributed by atoms with van der Waals surface area (Å²) in [4.78, 5) is 0. The lowest BCUT2D eigenvalue weighted by Crippen LogP contribution is -2.65. The van der Waals surface area contributed by atoms with E-state index in [1.807, 2.05) is 91.0 Å². The number of hydrogen-bond donors (Lipinski definition) is 2. The number of benzene rings is 3. The SMILES string of the molecule is CC(C)(O)[C@@H]1O[C@H](COCc2ccccc2)[C@@H](OCc2ccccc2)[C@H](OCc2ccccc2)[C@H]1O. The van der Waals surface area contributed by atoms with E-state index in [-0.39, 0.29) is 6.61 Å². The van der Waals surface area contributed by atoms with Crippen LogP contribution < -0.4 is 0 Å². The third-order valence-electron chi connectivity index (χ3n) is 6.32. The molecule has 5 atom stereocenters. The van der Waals surface area contributed by atoms with E-state index in [4.69, 9.17) is 18.9 Å². The molecule has 36 heavy (non-hydrogen) atoms. The van der Waals surface area contributed by atoms with Crippen molar-refractivity contribution in [3.8, 4) is 0 Å².